The van der Waals surface area contributed by atoms with Crippen LogP contribution in [0.4, 0.5) is 4.39 Å². The second kappa shape index (κ2) is 4.93. The topological polar surface area (TPSA) is 42.2 Å². The summed E-state index contributed by atoms with van der Waals surface area (Å²) in [6.45, 7) is 0. The third-order valence-electron chi connectivity index (χ3n) is 4.50. The molecule has 0 unspecified atom stereocenters. The average Bonchev–Trinajstić information content (AvgIpc) is 2.77. The van der Waals surface area contributed by atoms with E-state index >= 15 is 0 Å². The summed E-state index contributed by atoms with van der Waals surface area (Å²) in [5, 5.41) is 10.0. The fourth-order valence-corrected chi connectivity index (χ4v) is 3.43. The van der Waals surface area contributed by atoms with E-state index in [1.807, 2.05) is 23.9 Å². The molecule has 1 heterocycles. The highest BCUT2D eigenvalue weighted by Gasteiger charge is 2.28. The van der Waals surface area contributed by atoms with Gasteiger partial charge in [-0.15, -0.1) is 0 Å². The molecule has 0 atom stereocenters. The Morgan fingerprint density at radius 2 is 2.00 bits per heavy atom. The number of carboxylic acids is 1. The monoisotopic (exact) mass is 275 g/mol. The number of aryl methyl sites for hydroxylation is 1. The van der Waals surface area contributed by atoms with Crippen LogP contribution in [0.15, 0.2) is 24.4 Å². The Balaban J connectivity index is 1.92. The van der Waals surface area contributed by atoms with Crippen LogP contribution in [-0.2, 0) is 11.8 Å². The van der Waals surface area contributed by atoms with Crippen molar-refractivity contribution in [2.45, 2.75) is 31.6 Å². The Morgan fingerprint density at radius 3 is 2.65 bits per heavy atom. The number of benzene rings is 1. The van der Waals surface area contributed by atoms with Crippen molar-refractivity contribution in [2.24, 2.45) is 13.0 Å². The molecule has 1 N–H and O–H groups in total. The van der Waals surface area contributed by atoms with E-state index in [-0.39, 0.29) is 11.7 Å². The number of carboxylic acid groups (broad SMARTS) is 1. The quantitative estimate of drug-likeness (QED) is 0.908. The van der Waals surface area contributed by atoms with Crippen molar-refractivity contribution in [3.05, 3.63) is 35.8 Å². The minimum atomic E-state index is -0.688. The summed E-state index contributed by atoms with van der Waals surface area (Å²) in [5.74, 6) is -0.753. The Kier molecular flexibility index (Phi) is 3.24. The van der Waals surface area contributed by atoms with E-state index in [9.17, 15) is 9.18 Å². The molecular formula is C16H18FNO2. The first kappa shape index (κ1) is 13.2. The first-order valence-corrected chi connectivity index (χ1v) is 7.04. The molecule has 106 valence electrons. The summed E-state index contributed by atoms with van der Waals surface area (Å²) in [6.07, 6.45) is 5.16. The van der Waals surface area contributed by atoms with Crippen molar-refractivity contribution < 1.29 is 14.3 Å². The Bertz CT molecular complexity index is 654. The van der Waals surface area contributed by atoms with Crippen LogP contribution in [-0.4, -0.2) is 15.6 Å². The molecule has 3 nitrogen and oxygen atoms in total. The summed E-state index contributed by atoms with van der Waals surface area (Å²) in [4.78, 5) is 11.0. The van der Waals surface area contributed by atoms with Crippen molar-refractivity contribution >= 4 is 16.9 Å². The van der Waals surface area contributed by atoms with E-state index in [1.54, 1.807) is 6.07 Å². The van der Waals surface area contributed by atoms with Crippen molar-refractivity contribution in [3.8, 4) is 0 Å². The van der Waals surface area contributed by atoms with Crippen molar-refractivity contribution in [1.29, 1.82) is 0 Å². The van der Waals surface area contributed by atoms with E-state index in [0.29, 0.717) is 24.3 Å². The van der Waals surface area contributed by atoms with Crippen LogP contribution in [0.2, 0.25) is 0 Å². The maximum atomic E-state index is 13.9. The Labute approximate surface area is 117 Å². The van der Waals surface area contributed by atoms with E-state index in [1.165, 1.54) is 6.07 Å². The molecule has 4 heteroatoms. The molecule has 0 amide bonds. The molecule has 0 saturated heterocycles. The van der Waals surface area contributed by atoms with Gasteiger partial charge in [0.15, 0.2) is 0 Å². The minimum Gasteiger partial charge on any atom is -0.481 e. The molecule has 0 bridgehead atoms. The van der Waals surface area contributed by atoms with Gasteiger partial charge in [0.25, 0.3) is 0 Å². The van der Waals surface area contributed by atoms with Crippen molar-refractivity contribution in [1.82, 2.24) is 4.57 Å². The van der Waals surface area contributed by atoms with Crippen molar-refractivity contribution in [3.63, 3.8) is 0 Å². The predicted molar refractivity (Wildman–Crippen MR) is 75.2 cm³/mol. The number of fused-ring (bicyclic) bond motifs is 1. The number of nitrogens with zero attached hydrogens (tertiary/aromatic N) is 1. The number of aliphatic carboxylic acids is 1. The van der Waals surface area contributed by atoms with Gasteiger partial charge in [-0.1, -0.05) is 12.1 Å². The van der Waals surface area contributed by atoms with E-state index in [4.69, 9.17) is 5.11 Å². The van der Waals surface area contributed by atoms with Crippen molar-refractivity contribution in [2.75, 3.05) is 0 Å². The molecule has 1 aromatic carbocycles. The van der Waals surface area contributed by atoms with Gasteiger partial charge in [-0.05, 0) is 43.2 Å². The number of halogens is 1. The molecule has 0 spiro atoms. The number of hydrogen-bond acceptors (Lipinski definition) is 1. The maximum absolute atomic E-state index is 13.9. The Morgan fingerprint density at radius 1 is 1.30 bits per heavy atom. The zero-order valence-electron chi connectivity index (χ0n) is 11.5. The largest absolute Gasteiger partial charge is 0.481 e. The third kappa shape index (κ3) is 2.09. The highest BCUT2D eigenvalue weighted by atomic mass is 19.1. The van der Waals surface area contributed by atoms with Crippen LogP contribution in [0.1, 0.15) is 37.2 Å². The van der Waals surface area contributed by atoms with Gasteiger partial charge in [0.2, 0.25) is 0 Å². The molecule has 1 fully saturated rings. The molecular weight excluding hydrogens is 257 g/mol. The van der Waals surface area contributed by atoms with Gasteiger partial charge >= 0.3 is 5.97 Å². The maximum Gasteiger partial charge on any atom is 0.306 e. The van der Waals surface area contributed by atoms with E-state index in [2.05, 4.69) is 0 Å². The van der Waals surface area contributed by atoms with Gasteiger partial charge in [0.1, 0.15) is 5.82 Å². The van der Waals surface area contributed by atoms with Gasteiger partial charge in [-0.2, -0.15) is 0 Å². The molecule has 1 aliphatic rings. The fraction of sp³-hybridized carbons (Fsp3) is 0.438. The SMILES string of the molecule is Cn1cc(C2CCC(C(=O)O)CC2)c2cccc(F)c21. The van der Waals surface area contributed by atoms with Gasteiger partial charge < -0.3 is 9.67 Å². The van der Waals surface area contributed by atoms with E-state index in [0.717, 1.165) is 23.8 Å². The summed E-state index contributed by atoms with van der Waals surface area (Å²) in [5.41, 5.74) is 1.80. The molecule has 3 rings (SSSR count). The third-order valence-corrected chi connectivity index (χ3v) is 4.50. The number of para-hydroxylation sites is 1. The number of carbonyl (C=O) groups is 1. The molecule has 2 aromatic rings. The number of rotatable bonds is 2. The van der Waals surface area contributed by atoms with Crippen LogP contribution >= 0.6 is 0 Å². The second-order valence-corrected chi connectivity index (χ2v) is 5.72. The van der Waals surface area contributed by atoms with E-state index < -0.39 is 5.97 Å². The summed E-state index contributed by atoms with van der Waals surface area (Å²) >= 11 is 0. The van der Waals surface area contributed by atoms with Gasteiger partial charge in [-0.3, -0.25) is 4.79 Å². The summed E-state index contributed by atoms with van der Waals surface area (Å²) in [6, 6.07) is 5.18. The molecule has 0 aliphatic heterocycles. The minimum absolute atomic E-state index is 0.199. The highest BCUT2D eigenvalue weighted by molar-refractivity contribution is 5.85. The molecule has 1 saturated carbocycles. The second-order valence-electron chi connectivity index (χ2n) is 5.72. The zero-order valence-corrected chi connectivity index (χ0v) is 11.5. The Hall–Kier alpha value is -1.84. The lowest BCUT2D eigenvalue weighted by Gasteiger charge is -2.25. The predicted octanol–water partition coefficient (Wildman–Crippen LogP) is 3.68. The van der Waals surface area contributed by atoms with Crippen LogP contribution in [0.25, 0.3) is 10.9 Å². The molecule has 20 heavy (non-hydrogen) atoms. The van der Waals surface area contributed by atoms with Gasteiger partial charge in [0, 0.05) is 18.6 Å². The van der Waals surface area contributed by atoms with Crippen LogP contribution in [0, 0.1) is 11.7 Å². The van der Waals surface area contributed by atoms with Crippen LogP contribution in [0.5, 0.6) is 0 Å². The average molecular weight is 275 g/mol. The van der Waals surface area contributed by atoms with Crippen LogP contribution < -0.4 is 0 Å². The highest BCUT2D eigenvalue weighted by Crippen LogP contribution is 2.39. The van der Waals surface area contributed by atoms with Gasteiger partial charge in [-0.25, -0.2) is 4.39 Å². The first-order valence-electron chi connectivity index (χ1n) is 7.04. The number of aromatic nitrogens is 1. The normalized spacial score (nSPS) is 23.1. The lowest BCUT2D eigenvalue weighted by Crippen LogP contribution is -2.20. The molecule has 0 radical (unpaired) electrons. The standard InChI is InChI=1S/C16H18FNO2/c1-18-9-13(12-3-2-4-14(17)15(12)18)10-5-7-11(8-6-10)16(19)20/h2-4,9-11H,5-8H2,1H3,(H,19,20). The lowest BCUT2D eigenvalue weighted by molar-refractivity contribution is -0.142. The molecule has 1 aromatic heterocycles. The van der Waals surface area contributed by atoms with Crippen LogP contribution in [0.3, 0.4) is 0 Å². The number of hydrogen-bond donors (Lipinski definition) is 1. The lowest BCUT2D eigenvalue weighted by atomic mass is 9.78. The fourth-order valence-electron chi connectivity index (χ4n) is 3.43. The first-order chi connectivity index (χ1) is 9.58. The zero-order chi connectivity index (χ0) is 14.3. The van der Waals surface area contributed by atoms with Gasteiger partial charge in [0.05, 0.1) is 11.4 Å². The molecule has 1 aliphatic carbocycles. The summed E-state index contributed by atoms with van der Waals surface area (Å²) < 4.78 is 15.7. The smallest absolute Gasteiger partial charge is 0.306 e. The summed E-state index contributed by atoms with van der Waals surface area (Å²) in [7, 11) is 1.86.